The minimum absolute atomic E-state index is 0.107. The van der Waals surface area contributed by atoms with Crippen LogP contribution in [0.3, 0.4) is 0 Å². The highest BCUT2D eigenvalue weighted by atomic mass is 16.2. The normalized spacial score (nSPS) is 18.9. The van der Waals surface area contributed by atoms with Gasteiger partial charge in [0.15, 0.2) is 0 Å². The molecule has 2 rings (SSSR count). The zero-order valence-electron chi connectivity index (χ0n) is 12.8. The Hall–Kier alpha value is -1.35. The van der Waals surface area contributed by atoms with E-state index in [4.69, 9.17) is 0 Å². The van der Waals surface area contributed by atoms with Crippen LogP contribution in [0.4, 0.5) is 0 Å². The molecule has 20 heavy (non-hydrogen) atoms. The first-order chi connectivity index (χ1) is 9.58. The van der Waals surface area contributed by atoms with Crippen LogP contribution in [-0.4, -0.2) is 18.5 Å². The maximum absolute atomic E-state index is 12.1. The molecule has 0 bridgehead atoms. The Morgan fingerprint density at radius 2 is 2.05 bits per heavy atom. The van der Waals surface area contributed by atoms with Crippen LogP contribution in [0.15, 0.2) is 24.3 Å². The van der Waals surface area contributed by atoms with Gasteiger partial charge in [-0.1, -0.05) is 38.1 Å². The van der Waals surface area contributed by atoms with Gasteiger partial charge in [0.05, 0.1) is 6.04 Å². The van der Waals surface area contributed by atoms with E-state index in [0.717, 1.165) is 25.8 Å². The molecular formula is C17H26N2O. The first kappa shape index (κ1) is 15.0. The van der Waals surface area contributed by atoms with Gasteiger partial charge in [0, 0.05) is 12.6 Å². The van der Waals surface area contributed by atoms with Crippen molar-refractivity contribution in [2.45, 2.75) is 52.1 Å². The van der Waals surface area contributed by atoms with E-state index in [2.05, 4.69) is 48.7 Å². The van der Waals surface area contributed by atoms with Crippen LogP contribution < -0.4 is 10.6 Å². The second kappa shape index (κ2) is 6.89. The molecule has 0 heterocycles. The minimum atomic E-state index is -0.140. The first-order valence-corrected chi connectivity index (χ1v) is 7.69. The number of fused-ring (bicyclic) bond motifs is 1. The Labute approximate surface area is 122 Å². The molecule has 0 radical (unpaired) electrons. The fourth-order valence-corrected chi connectivity index (χ4v) is 2.74. The van der Waals surface area contributed by atoms with Gasteiger partial charge in [-0.05, 0) is 43.2 Å². The second-order valence-electron chi connectivity index (χ2n) is 6.15. The monoisotopic (exact) mass is 274 g/mol. The van der Waals surface area contributed by atoms with Gasteiger partial charge in [-0.25, -0.2) is 0 Å². The zero-order chi connectivity index (χ0) is 14.5. The lowest BCUT2D eigenvalue weighted by atomic mass is 10.1. The van der Waals surface area contributed by atoms with Gasteiger partial charge in [-0.15, -0.1) is 0 Å². The maximum atomic E-state index is 12.1. The summed E-state index contributed by atoms with van der Waals surface area (Å²) in [6.07, 6.45) is 3.23. The van der Waals surface area contributed by atoms with E-state index in [1.165, 1.54) is 11.1 Å². The quantitative estimate of drug-likeness (QED) is 0.837. The van der Waals surface area contributed by atoms with Gasteiger partial charge in [0.1, 0.15) is 0 Å². The molecule has 1 aromatic rings. The Morgan fingerprint density at radius 3 is 2.80 bits per heavy atom. The van der Waals surface area contributed by atoms with Crippen molar-refractivity contribution in [2.24, 2.45) is 5.92 Å². The summed E-state index contributed by atoms with van der Waals surface area (Å²) in [6, 6.07) is 8.69. The zero-order valence-corrected chi connectivity index (χ0v) is 12.8. The van der Waals surface area contributed by atoms with E-state index >= 15 is 0 Å². The molecule has 110 valence electrons. The lowest BCUT2D eigenvalue weighted by molar-refractivity contribution is -0.123. The molecule has 0 aliphatic heterocycles. The SMILES string of the molecule is CC(C)CCNC(=O)C(C)NC1CCc2ccccc21. The highest BCUT2D eigenvalue weighted by molar-refractivity contribution is 5.81. The van der Waals surface area contributed by atoms with Crippen LogP contribution in [0.1, 0.15) is 50.8 Å². The lowest BCUT2D eigenvalue weighted by Crippen LogP contribution is -2.43. The molecule has 0 aromatic heterocycles. The largest absolute Gasteiger partial charge is 0.355 e. The predicted octanol–water partition coefficient (Wildman–Crippen LogP) is 2.81. The van der Waals surface area contributed by atoms with Crippen LogP contribution >= 0.6 is 0 Å². The summed E-state index contributed by atoms with van der Waals surface area (Å²) in [4.78, 5) is 12.1. The Kier molecular flexibility index (Phi) is 5.18. The van der Waals surface area contributed by atoms with Crippen molar-refractivity contribution in [3.8, 4) is 0 Å². The van der Waals surface area contributed by atoms with Crippen molar-refractivity contribution in [2.75, 3.05) is 6.54 Å². The Bertz CT molecular complexity index is 456. The van der Waals surface area contributed by atoms with E-state index in [-0.39, 0.29) is 11.9 Å². The van der Waals surface area contributed by atoms with Crippen LogP contribution in [0.2, 0.25) is 0 Å². The summed E-state index contributed by atoms with van der Waals surface area (Å²) in [5.74, 6) is 0.732. The molecule has 0 fully saturated rings. The van der Waals surface area contributed by atoms with E-state index in [1.54, 1.807) is 0 Å². The molecule has 2 N–H and O–H groups in total. The highest BCUT2D eigenvalue weighted by Crippen LogP contribution is 2.30. The average Bonchev–Trinajstić information content (AvgIpc) is 2.81. The van der Waals surface area contributed by atoms with Crippen molar-refractivity contribution < 1.29 is 4.79 Å². The third kappa shape index (κ3) is 3.83. The second-order valence-corrected chi connectivity index (χ2v) is 6.15. The van der Waals surface area contributed by atoms with Crippen LogP contribution in [0.25, 0.3) is 0 Å². The van der Waals surface area contributed by atoms with E-state index in [0.29, 0.717) is 12.0 Å². The average molecular weight is 274 g/mol. The molecule has 1 amide bonds. The number of aryl methyl sites for hydroxylation is 1. The summed E-state index contributed by atoms with van der Waals surface area (Å²) < 4.78 is 0. The number of hydrogen-bond acceptors (Lipinski definition) is 2. The van der Waals surface area contributed by atoms with Gasteiger partial charge in [-0.2, -0.15) is 0 Å². The maximum Gasteiger partial charge on any atom is 0.236 e. The van der Waals surface area contributed by atoms with Gasteiger partial charge < -0.3 is 5.32 Å². The van der Waals surface area contributed by atoms with E-state index < -0.39 is 0 Å². The number of hydrogen-bond donors (Lipinski definition) is 2. The van der Waals surface area contributed by atoms with Gasteiger partial charge >= 0.3 is 0 Å². The molecule has 1 aromatic carbocycles. The van der Waals surface area contributed by atoms with E-state index in [9.17, 15) is 4.79 Å². The van der Waals surface area contributed by atoms with Crippen molar-refractivity contribution in [1.29, 1.82) is 0 Å². The minimum Gasteiger partial charge on any atom is -0.355 e. The van der Waals surface area contributed by atoms with Crippen LogP contribution in [0, 0.1) is 5.92 Å². The smallest absolute Gasteiger partial charge is 0.236 e. The predicted molar refractivity (Wildman–Crippen MR) is 82.6 cm³/mol. The molecule has 3 nitrogen and oxygen atoms in total. The fraction of sp³-hybridized carbons (Fsp3) is 0.588. The molecule has 2 unspecified atom stereocenters. The molecule has 0 spiro atoms. The summed E-state index contributed by atoms with van der Waals surface area (Å²) in [7, 11) is 0. The topological polar surface area (TPSA) is 41.1 Å². The van der Waals surface area contributed by atoms with E-state index in [1.807, 2.05) is 6.92 Å². The van der Waals surface area contributed by atoms with Crippen LogP contribution in [0.5, 0.6) is 0 Å². The molecule has 0 saturated heterocycles. The number of nitrogens with one attached hydrogen (secondary N) is 2. The summed E-state index contributed by atoms with van der Waals surface area (Å²) in [5.41, 5.74) is 2.77. The molecule has 2 atom stereocenters. The van der Waals surface area contributed by atoms with Crippen molar-refractivity contribution in [3.05, 3.63) is 35.4 Å². The Morgan fingerprint density at radius 1 is 1.30 bits per heavy atom. The summed E-state index contributed by atoms with van der Waals surface area (Å²) in [5, 5.41) is 6.47. The van der Waals surface area contributed by atoms with Gasteiger partial charge in [-0.3, -0.25) is 10.1 Å². The number of rotatable bonds is 6. The first-order valence-electron chi connectivity index (χ1n) is 7.69. The third-order valence-corrected chi connectivity index (χ3v) is 4.00. The van der Waals surface area contributed by atoms with Crippen molar-refractivity contribution in [3.63, 3.8) is 0 Å². The van der Waals surface area contributed by atoms with Crippen LogP contribution in [-0.2, 0) is 11.2 Å². The van der Waals surface area contributed by atoms with Crippen molar-refractivity contribution in [1.82, 2.24) is 10.6 Å². The number of amides is 1. The number of carbonyl (C=O) groups is 1. The number of carbonyl (C=O) groups excluding carboxylic acids is 1. The summed E-state index contributed by atoms with van der Waals surface area (Å²) in [6.45, 7) is 7.06. The fourth-order valence-electron chi connectivity index (χ4n) is 2.74. The molecule has 3 heteroatoms. The molecule has 1 aliphatic carbocycles. The highest BCUT2D eigenvalue weighted by Gasteiger charge is 2.25. The molecule has 1 aliphatic rings. The summed E-state index contributed by atoms with van der Waals surface area (Å²) >= 11 is 0. The standard InChI is InChI=1S/C17H26N2O/c1-12(2)10-11-18-17(20)13(3)19-16-9-8-14-6-4-5-7-15(14)16/h4-7,12-13,16,19H,8-11H2,1-3H3,(H,18,20). The van der Waals surface area contributed by atoms with Gasteiger partial charge in [0.25, 0.3) is 0 Å². The van der Waals surface area contributed by atoms with Gasteiger partial charge in [0.2, 0.25) is 5.91 Å². The molecule has 0 saturated carbocycles. The van der Waals surface area contributed by atoms with Crippen molar-refractivity contribution >= 4 is 5.91 Å². The third-order valence-electron chi connectivity index (χ3n) is 4.00. The lowest BCUT2D eigenvalue weighted by Gasteiger charge is -2.20. The molecular weight excluding hydrogens is 248 g/mol. The number of benzene rings is 1. The Balaban J connectivity index is 1.83.